The van der Waals surface area contributed by atoms with Crippen LogP contribution in [0.25, 0.3) is 0 Å². The van der Waals surface area contributed by atoms with E-state index in [9.17, 15) is 19.6 Å². The van der Waals surface area contributed by atoms with Gasteiger partial charge < -0.3 is 14.8 Å². The maximum Gasteiger partial charge on any atom is 0.266 e. The first-order valence-electron chi connectivity index (χ1n) is 10.4. The van der Waals surface area contributed by atoms with Crippen LogP contribution in [0, 0.1) is 11.3 Å². The molecule has 3 heterocycles. The van der Waals surface area contributed by atoms with Crippen molar-refractivity contribution in [2.75, 3.05) is 19.6 Å². The van der Waals surface area contributed by atoms with Gasteiger partial charge in [-0.05, 0) is 36.1 Å². The van der Waals surface area contributed by atoms with Crippen molar-refractivity contribution in [1.82, 2.24) is 14.8 Å². The molecule has 31 heavy (non-hydrogen) atoms. The van der Waals surface area contributed by atoms with E-state index in [-0.39, 0.29) is 22.9 Å². The highest BCUT2D eigenvalue weighted by atomic mass is 16.2. The number of aromatic nitrogens is 1. The molecule has 1 fully saturated rings. The summed E-state index contributed by atoms with van der Waals surface area (Å²) in [6, 6.07) is 13.3. The highest BCUT2D eigenvalue weighted by Gasteiger charge is 2.46. The highest BCUT2D eigenvalue weighted by molar-refractivity contribution is 5.90. The number of H-pyrrole nitrogens is 1. The number of nitrogens with one attached hydrogen (secondary N) is 1. The molecule has 0 unspecified atom stereocenters. The molecule has 4 rings (SSSR count). The van der Waals surface area contributed by atoms with Crippen LogP contribution in [0.15, 0.2) is 53.8 Å². The molecule has 0 radical (unpaired) electrons. The van der Waals surface area contributed by atoms with E-state index in [4.69, 9.17) is 0 Å². The summed E-state index contributed by atoms with van der Waals surface area (Å²) < 4.78 is 0. The first kappa shape index (κ1) is 20.6. The zero-order valence-electron chi connectivity index (χ0n) is 17.3. The summed E-state index contributed by atoms with van der Waals surface area (Å²) in [7, 11) is 0. The van der Waals surface area contributed by atoms with Crippen molar-refractivity contribution in [2.45, 2.75) is 31.2 Å². The first-order chi connectivity index (χ1) is 15.0. The number of hydrogen-bond acceptors (Lipinski definition) is 4. The van der Waals surface area contributed by atoms with Gasteiger partial charge >= 0.3 is 0 Å². The van der Waals surface area contributed by atoms with E-state index in [1.54, 1.807) is 11.0 Å². The Morgan fingerprint density at radius 3 is 2.48 bits per heavy atom. The van der Waals surface area contributed by atoms with Gasteiger partial charge in [-0.25, -0.2) is 0 Å². The summed E-state index contributed by atoms with van der Waals surface area (Å²) >= 11 is 0. The fourth-order valence-electron chi connectivity index (χ4n) is 4.69. The summed E-state index contributed by atoms with van der Waals surface area (Å²) in [5.74, 6) is -0.0891. The van der Waals surface area contributed by atoms with Gasteiger partial charge in [-0.1, -0.05) is 36.9 Å². The first-order valence-corrected chi connectivity index (χ1v) is 10.4. The van der Waals surface area contributed by atoms with Crippen LogP contribution in [0.1, 0.15) is 35.2 Å². The summed E-state index contributed by atoms with van der Waals surface area (Å²) in [5.41, 5.74) is 1.50. The number of piperidine rings is 1. The van der Waals surface area contributed by atoms with Gasteiger partial charge in [0.05, 0.1) is 5.41 Å². The standard InChI is InChI=1S/C24H24N4O3/c1-2-21(29)27-12-9-24(10-13-27,19-6-4-3-5-7-19)23(31)28-11-8-20-18(16-28)14-17(15-25)22(30)26-20/h2-7,14H,1,8-13,16H2,(H,26,30). The van der Waals surface area contributed by atoms with E-state index in [2.05, 4.69) is 11.6 Å². The SMILES string of the molecule is C=CC(=O)N1CCC(C(=O)N2CCc3[nH]c(=O)c(C#N)cc3C2)(c2ccccc2)CC1. The van der Waals surface area contributed by atoms with Crippen molar-refractivity contribution in [3.8, 4) is 6.07 Å². The fraction of sp³-hybridized carbons (Fsp3) is 0.333. The van der Waals surface area contributed by atoms with Gasteiger partial charge in [0.1, 0.15) is 11.6 Å². The van der Waals surface area contributed by atoms with Crippen LogP contribution in [0.2, 0.25) is 0 Å². The molecule has 1 saturated heterocycles. The van der Waals surface area contributed by atoms with Crippen LogP contribution in [0.3, 0.4) is 0 Å². The molecule has 0 bridgehead atoms. The lowest BCUT2D eigenvalue weighted by Crippen LogP contribution is -2.54. The second-order valence-electron chi connectivity index (χ2n) is 8.08. The summed E-state index contributed by atoms with van der Waals surface area (Å²) in [4.78, 5) is 44.3. The molecule has 7 heteroatoms. The zero-order chi connectivity index (χ0) is 22.0. The molecule has 1 aromatic carbocycles. The minimum Gasteiger partial charge on any atom is -0.339 e. The number of carbonyl (C=O) groups excluding carboxylic acids is 2. The zero-order valence-corrected chi connectivity index (χ0v) is 17.3. The number of aromatic amines is 1. The van der Waals surface area contributed by atoms with Gasteiger partial charge in [-0.15, -0.1) is 0 Å². The number of nitrogens with zero attached hydrogens (tertiary/aromatic N) is 3. The van der Waals surface area contributed by atoms with Gasteiger partial charge in [0.2, 0.25) is 11.8 Å². The number of nitriles is 1. The molecule has 1 N–H and O–H groups in total. The predicted molar refractivity (Wildman–Crippen MR) is 115 cm³/mol. The summed E-state index contributed by atoms with van der Waals surface area (Å²) in [6.45, 7) is 5.39. The minimum absolute atomic E-state index is 0.0276. The van der Waals surface area contributed by atoms with Gasteiger partial charge in [0.15, 0.2) is 0 Å². The second-order valence-corrected chi connectivity index (χ2v) is 8.08. The van der Waals surface area contributed by atoms with Gasteiger partial charge in [-0.3, -0.25) is 14.4 Å². The van der Waals surface area contributed by atoms with E-state index >= 15 is 0 Å². The van der Waals surface area contributed by atoms with Crippen LogP contribution in [0.5, 0.6) is 0 Å². The molecule has 2 aliphatic rings. The molecular formula is C24H24N4O3. The number of fused-ring (bicyclic) bond motifs is 1. The largest absolute Gasteiger partial charge is 0.339 e. The third-order valence-corrected chi connectivity index (χ3v) is 6.45. The van der Waals surface area contributed by atoms with Gasteiger partial charge in [0.25, 0.3) is 5.56 Å². The molecule has 2 amide bonds. The van der Waals surface area contributed by atoms with Crippen molar-refractivity contribution in [1.29, 1.82) is 5.26 Å². The Kier molecular flexibility index (Phi) is 5.47. The van der Waals surface area contributed by atoms with Crippen molar-refractivity contribution in [2.24, 2.45) is 0 Å². The van der Waals surface area contributed by atoms with Gasteiger partial charge in [-0.2, -0.15) is 5.26 Å². The van der Waals surface area contributed by atoms with E-state index in [1.165, 1.54) is 6.08 Å². The van der Waals surface area contributed by atoms with Crippen LogP contribution in [0.4, 0.5) is 0 Å². The van der Waals surface area contributed by atoms with Gasteiger partial charge in [0, 0.05) is 38.3 Å². The lowest BCUT2D eigenvalue weighted by molar-refractivity contribution is -0.142. The quantitative estimate of drug-likeness (QED) is 0.773. The summed E-state index contributed by atoms with van der Waals surface area (Å²) in [6.07, 6.45) is 2.92. The number of pyridine rings is 1. The maximum absolute atomic E-state index is 13.9. The van der Waals surface area contributed by atoms with Crippen molar-refractivity contribution in [3.05, 3.63) is 81.8 Å². The number of rotatable bonds is 3. The molecule has 0 saturated carbocycles. The predicted octanol–water partition coefficient (Wildman–Crippen LogP) is 1.88. The number of benzene rings is 1. The Bertz CT molecular complexity index is 1120. The third-order valence-electron chi connectivity index (χ3n) is 6.45. The van der Waals surface area contributed by atoms with E-state index in [1.807, 2.05) is 41.3 Å². The lowest BCUT2D eigenvalue weighted by atomic mass is 9.71. The highest BCUT2D eigenvalue weighted by Crippen LogP contribution is 2.38. The third kappa shape index (κ3) is 3.66. The second kappa shape index (κ2) is 8.23. The van der Waals surface area contributed by atoms with E-state index in [0.717, 1.165) is 16.8 Å². The fourth-order valence-corrected chi connectivity index (χ4v) is 4.69. The molecule has 0 spiro atoms. The average Bonchev–Trinajstić information content (AvgIpc) is 2.83. The molecule has 7 nitrogen and oxygen atoms in total. The topological polar surface area (TPSA) is 97.3 Å². The Morgan fingerprint density at radius 2 is 1.84 bits per heavy atom. The molecular weight excluding hydrogens is 392 g/mol. The lowest BCUT2D eigenvalue weighted by Gasteiger charge is -2.44. The minimum atomic E-state index is -0.711. The molecule has 2 aromatic rings. The smallest absolute Gasteiger partial charge is 0.266 e. The van der Waals surface area contributed by atoms with E-state index < -0.39 is 5.41 Å². The van der Waals surface area contributed by atoms with Crippen molar-refractivity contribution < 1.29 is 9.59 Å². The normalized spacial score (nSPS) is 17.4. The molecule has 158 valence electrons. The molecule has 0 atom stereocenters. The van der Waals surface area contributed by atoms with Crippen LogP contribution < -0.4 is 5.56 Å². The average molecular weight is 416 g/mol. The van der Waals surface area contributed by atoms with Crippen LogP contribution in [-0.4, -0.2) is 46.2 Å². The Labute approximate surface area is 180 Å². The molecule has 2 aliphatic heterocycles. The molecule has 0 aliphatic carbocycles. The number of likely N-dealkylation sites (tertiary alicyclic amines) is 1. The monoisotopic (exact) mass is 416 g/mol. The van der Waals surface area contributed by atoms with Crippen molar-refractivity contribution >= 4 is 11.8 Å². The van der Waals surface area contributed by atoms with E-state index in [0.29, 0.717) is 45.4 Å². The molecule has 1 aromatic heterocycles. The number of hydrogen-bond donors (Lipinski definition) is 1. The number of amides is 2. The summed E-state index contributed by atoms with van der Waals surface area (Å²) in [5, 5.41) is 9.19. The Hall–Kier alpha value is -3.66. The van der Waals surface area contributed by atoms with Crippen LogP contribution >= 0.6 is 0 Å². The maximum atomic E-state index is 13.9. The Morgan fingerprint density at radius 1 is 1.13 bits per heavy atom. The number of carbonyl (C=O) groups is 2. The van der Waals surface area contributed by atoms with Crippen LogP contribution in [-0.2, 0) is 28.0 Å². The Balaban J connectivity index is 1.65. The van der Waals surface area contributed by atoms with Crippen molar-refractivity contribution in [3.63, 3.8) is 0 Å².